The van der Waals surface area contributed by atoms with Gasteiger partial charge in [-0.1, -0.05) is 36.4 Å². The molecule has 0 unspecified atom stereocenters. The second-order valence-corrected chi connectivity index (χ2v) is 6.75. The molecule has 2 heterocycles. The van der Waals surface area contributed by atoms with Crippen LogP contribution in [0.4, 0.5) is 11.4 Å². The van der Waals surface area contributed by atoms with Crippen LogP contribution in [0.1, 0.15) is 5.56 Å². The maximum atomic E-state index is 11.1. The first-order chi connectivity index (χ1) is 13.1. The lowest BCUT2D eigenvalue weighted by molar-refractivity contribution is -0.113. The van der Waals surface area contributed by atoms with Crippen molar-refractivity contribution < 1.29 is 4.79 Å². The Labute approximate surface area is 156 Å². The third kappa shape index (κ3) is 2.30. The predicted molar refractivity (Wildman–Crippen MR) is 111 cm³/mol. The fourth-order valence-electron chi connectivity index (χ4n) is 3.91. The van der Waals surface area contributed by atoms with Crippen molar-refractivity contribution in [3.8, 4) is 11.3 Å². The fraction of sp³-hybridized carbons (Fsp3) is 0.0435. The van der Waals surface area contributed by atoms with Crippen LogP contribution < -0.4 is 10.6 Å². The standard InChI is InChI=1S/C23H17N3O/c1-26-19-7-3-2-5-16(19)23-22-15(6-4-8-20(22)26)17-13-14(10-12-21(24)27)9-11-18(17)25-23/h2-13H,1H3,(H2,24,27)/b12-10+. The Bertz CT molecular complexity index is 1270. The molecule has 0 bridgehead atoms. The van der Waals surface area contributed by atoms with Gasteiger partial charge in [-0.3, -0.25) is 4.79 Å². The highest BCUT2D eigenvalue weighted by Crippen LogP contribution is 2.47. The highest BCUT2D eigenvalue weighted by Gasteiger charge is 2.24. The Morgan fingerprint density at radius 3 is 2.67 bits per heavy atom. The van der Waals surface area contributed by atoms with E-state index in [1.165, 1.54) is 6.08 Å². The lowest BCUT2D eigenvalue weighted by Gasteiger charge is -2.30. The van der Waals surface area contributed by atoms with Gasteiger partial charge < -0.3 is 10.6 Å². The van der Waals surface area contributed by atoms with E-state index in [4.69, 9.17) is 10.7 Å². The number of amides is 1. The first-order valence-electron chi connectivity index (χ1n) is 8.80. The first kappa shape index (κ1) is 15.6. The third-order valence-corrected chi connectivity index (χ3v) is 5.14. The molecular formula is C23H17N3O. The monoisotopic (exact) mass is 351 g/mol. The number of nitrogens with zero attached hydrogens (tertiary/aromatic N) is 2. The van der Waals surface area contributed by atoms with Gasteiger partial charge in [0.1, 0.15) is 0 Å². The number of para-hydroxylation sites is 1. The van der Waals surface area contributed by atoms with Crippen LogP contribution in [-0.4, -0.2) is 17.9 Å². The molecule has 3 aromatic carbocycles. The van der Waals surface area contributed by atoms with Crippen molar-refractivity contribution in [3.05, 3.63) is 72.3 Å². The van der Waals surface area contributed by atoms with Crippen molar-refractivity contribution >= 4 is 45.0 Å². The SMILES string of the molecule is CN1c2ccccc2-c2nc3ccc(/C=C/C(N)=O)cc3c3cccc1c23. The summed E-state index contributed by atoms with van der Waals surface area (Å²) in [5, 5.41) is 3.38. The number of nitrogens with two attached hydrogens (primary N) is 1. The number of hydrogen-bond acceptors (Lipinski definition) is 3. The van der Waals surface area contributed by atoms with Crippen LogP contribution >= 0.6 is 0 Å². The minimum absolute atomic E-state index is 0.455. The molecule has 4 aromatic rings. The van der Waals surface area contributed by atoms with E-state index in [-0.39, 0.29) is 0 Å². The van der Waals surface area contributed by atoms with Crippen LogP contribution in [-0.2, 0) is 4.79 Å². The van der Waals surface area contributed by atoms with Crippen LogP contribution in [0.2, 0.25) is 0 Å². The molecule has 0 saturated heterocycles. The summed E-state index contributed by atoms with van der Waals surface area (Å²) >= 11 is 0. The van der Waals surface area contributed by atoms with Gasteiger partial charge in [-0.25, -0.2) is 4.98 Å². The molecule has 0 atom stereocenters. The zero-order valence-corrected chi connectivity index (χ0v) is 14.8. The van der Waals surface area contributed by atoms with Gasteiger partial charge in [0.15, 0.2) is 0 Å². The Morgan fingerprint density at radius 2 is 1.81 bits per heavy atom. The van der Waals surface area contributed by atoms with E-state index < -0.39 is 5.91 Å². The van der Waals surface area contributed by atoms with E-state index in [0.717, 1.165) is 49.9 Å². The molecule has 1 aromatic heterocycles. The van der Waals surface area contributed by atoms with E-state index in [0.29, 0.717) is 0 Å². The Kier molecular flexibility index (Phi) is 3.28. The smallest absolute Gasteiger partial charge is 0.241 e. The molecule has 1 amide bonds. The summed E-state index contributed by atoms with van der Waals surface area (Å²) in [7, 11) is 2.09. The second-order valence-electron chi connectivity index (χ2n) is 6.75. The van der Waals surface area contributed by atoms with E-state index in [9.17, 15) is 4.79 Å². The van der Waals surface area contributed by atoms with Crippen LogP contribution in [0, 0.1) is 0 Å². The molecule has 5 rings (SSSR count). The number of anilines is 2. The molecule has 0 radical (unpaired) electrons. The van der Waals surface area contributed by atoms with E-state index >= 15 is 0 Å². The van der Waals surface area contributed by atoms with E-state index in [1.54, 1.807) is 6.08 Å². The average Bonchev–Trinajstić information content (AvgIpc) is 2.70. The van der Waals surface area contributed by atoms with Gasteiger partial charge in [0.25, 0.3) is 0 Å². The van der Waals surface area contributed by atoms with Gasteiger partial charge in [0, 0.05) is 29.5 Å². The normalized spacial score (nSPS) is 12.7. The van der Waals surface area contributed by atoms with Crippen LogP contribution in [0.15, 0.2) is 66.7 Å². The molecule has 2 N–H and O–H groups in total. The van der Waals surface area contributed by atoms with Gasteiger partial charge in [0.05, 0.1) is 22.6 Å². The molecule has 0 fully saturated rings. The number of fused-ring (bicyclic) bond motifs is 4. The molecule has 1 aliphatic heterocycles. The van der Waals surface area contributed by atoms with Gasteiger partial charge in [-0.2, -0.15) is 0 Å². The van der Waals surface area contributed by atoms with Crippen molar-refractivity contribution in [1.82, 2.24) is 4.98 Å². The van der Waals surface area contributed by atoms with Crippen molar-refractivity contribution in [1.29, 1.82) is 0 Å². The van der Waals surface area contributed by atoms with Gasteiger partial charge in [-0.05, 0) is 41.3 Å². The summed E-state index contributed by atoms with van der Waals surface area (Å²) in [4.78, 5) is 18.3. The third-order valence-electron chi connectivity index (χ3n) is 5.14. The Balaban J connectivity index is 1.88. The number of benzene rings is 3. The van der Waals surface area contributed by atoms with Crippen LogP contribution in [0.3, 0.4) is 0 Å². The summed E-state index contributed by atoms with van der Waals surface area (Å²) in [6.45, 7) is 0. The summed E-state index contributed by atoms with van der Waals surface area (Å²) < 4.78 is 0. The minimum atomic E-state index is -0.455. The maximum Gasteiger partial charge on any atom is 0.241 e. The molecular weight excluding hydrogens is 334 g/mol. The molecule has 27 heavy (non-hydrogen) atoms. The number of carbonyl (C=O) groups excluding carboxylic acids is 1. The molecule has 4 heteroatoms. The van der Waals surface area contributed by atoms with Crippen molar-refractivity contribution in [2.24, 2.45) is 5.73 Å². The van der Waals surface area contributed by atoms with Crippen LogP contribution in [0.25, 0.3) is 39.0 Å². The molecule has 130 valence electrons. The fourth-order valence-corrected chi connectivity index (χ4v) is 3.91. The maximum absolute atomic E-state index is 11.1. The molecule has 0 aliphatic carbocycles. The molecule has 0 saturated carbocycles. The quantitative estimate of drug-likeness (QED) is 0.423. The number of hydrogen-bond donors (Lipinski definition) is 1. The zero-order chi connectivity index (χ0) is 18.5. The number of pyridine rings is 1. The minimum Gasteiger partial charge on any atom is -0.366 e. The summed E-state index contributed by atoms with van der Waals surface area (Å²) in [5.41, 5.74) is 11.5. The number of carbonyl (C=O) groups is 1. The Morgan fingerprint density at radius 1 is 1.00 bits per heavy atom. The summed E-state index contributed by atoms with van der Waals surface area (Å²) in [6, 6.07) is 20.7. The summed E-state index contributed by atoms with van der Waals surface area (Å²) in [6.07, 6.45) is 3.11. The van der Waals surface area contributed by atoms with Crippen LogP contribution in [0.5, 0.6) is 0 Å². The molecule has 0 spiro atoms. The second kappa shape index (κ2) is 5.68. The summed E-state index contributed by atoms with van der Waals surface area (Å²) in [5.74, 6) is -0.455. The van der Waals surface area contributed by atoms with Crippen molar-refractivity contribution in [3.63, 3.8) is 0 Å². The lowest BCUT2D eigenvalue weighted by Crippen LogP contribution is -2.15. The largest absolute Gasteiger partial charge is 0.366 e. The highest BCUT2D eigenvalue weighted by molar-refractivity contribution is 6.19. The van der Waals surface area contributed by atoms with Gasteiger partial charge in [-0.15, -0.1) is 0 Å². The van der Waals surface area contributed by atoms with Gasteiger partial charge >= 0.3 is 0 Å². The molecule has 1 aliphatic rings. The average molecular weight is 351 g/mol. The number of rotatable bonds is 2. The van der Waals surface area contributed by atoms with Crippen molar-refractivity contribution in [2.45, 2.75) is 0 Å². The van der Waals surface area contributed by atoms with E-state index in [2.05, 4.69) is 60.5 Å². The predicted octanol–water partition coefficient (Wildman–Crippen LogP) is 4.63. The topological polar surface area (TPSA) is 59.2 Å². The number of primary amides is 1. The number of aromatic nitrogens is 1. The first-order valence-corrected chi connectivity index (χ1v) is 8.80. The zero-order valence-electron chi connectivity index (χ0n) is 14.8. The lowest BCUT2D eigenvalue weighted by atomic mass is 9.93. The van der Waals surface area contributed by atoms with E-state index in [1.807, 2.05) is 12.1 Å². The molecule has 4 nitrogen and oxygen atoms in total. The highest BCUT2D eigenvalue weighted by atomic mass is 16.1. The van der Waals surface area contributed by atoms with Crippen molar-refractivity contribution in [2.75, 3.05) is 11.9 Å². The Hall–Kier alpha value is -3.66. The van der Waals surface area contributed by atoms with Gasteiger partial charge in [0.2, 0.25) is 5.91 Å².